The Labute approximate surface area is 171 Å². The van der Waals surface area contributed by atoms with Crippen LogP contribution >= 0.6 is 0 Å². The number of aromatic nitrogens is 2. The van der Waals surface area contributed by atoms with E-state index < -0.39 is 0 Å². The molecule has 2 atom stereocenters. The molecule has 0 aliphatic carbocycles. The van der Waals surface area contributed by atoms with Gasteiger partial charge in [0.25, 0.3) is 0 Å². The normalized spacial score (nSPS) is 13.1. The monoisotopic (exact) mass is 395 g/mol. The number of carbonyl (C=O) groups excluding carboxylic acids is 1. The van der Waals surface area contributed by atoms with Crippen LogP contribution in [-0.4, -0.2) is 35.6 Å². The van der Waals surface area contributed by atoms with Crippen LogP contribution in [0, 0.1) is 6.92 Å². The van der Waals surface area contributed by atoms with Crippen LogP contribution in [0.5, 0.6) is 11.5 Å². The number of amides is 1. The molecule has 6 nitrogen and oxygen atoms in total. The third kappa shape index (κ3) is 4.70. The number of benzene rings is 1. The van der Waals surface area contributed by atoms with Gasteiger partial charge in [0, 0.05) is 36.8 Å². The first-order chi connectivity index (χ1) is 13.9. The second-order valence-corrected chi connectivity index (χ2v) is 7.39. The zero-order valence-corrected chi connectivity index (χ0v) is 17.7. The van der Waals surface area contributed by atoms with Crippen LogP contribution in [0.3, 0.4) is 0 Å². The lowest BCUT2D eigenvalue weighted by atomic mass is 9.91. The third-order valence-electron chi connectivity index (χ3n) is 5.24. The molecule has 1 N–H and O–H groups in total. The van der Waals surface area contributed by atoms with Crippen molar-refractivity contribution in [3.8, 4) is 11.5 Å². The molecule has 0 spiro atoms. The first kappa shape index (κ1) is 20.7. The first-order valence-corrected chi connectivity index (χ1v) is 9.91. The highest BCUT2D eigenvalue weighted by Crippen LogP contribution is 2.34. The summed E-state index contributed by atoms with van der Waals surface area (Å²) < 4.78 is 12.9. The Kier molecular flexibility index (Phi) is 6.42. The van der Waals surface area contributed by atoms with Gasteiger partial charge >= 0.3 is 0 Å². The van der Waals surface area contributed by atoms with Crippen molar-refractivity contribution in [3.63, 3.8) is 0 Å². The number of fused-ring (bicyclic) bond motifs is 1. The van der Waals surface area contributed by atoms with E-state index in [1.807, 2.05) is 61.0 Å². The number of aryl methyl sites for hydroxylation is 1. The van der Waals surface area contributed by atoms with Crippen molar-refractivity contribution in [2.24, 2.45) is 0 Å². The van der Waals surface area contributed by atoms with Crippen LogP contribution in [0.2, 0.25) is 0 Å². The SMILES string of the molecule is CCC(C)NC(=O)CC(c1cc(OC)cc(OC)c1)c1cnc2cc(C)ccn12. The number of nitrogens with zero attached hydrogens (tertiary/aromatic N) is 2. The van der Waals surface area contributed by atoms with Gasteiger partial charge in [-0.25, -0.2) is 4.98 Å². The van der Waals surface area contributed by atoms with Gasteiger partial charge in [-0.1, -0.05) is 6.92 Å². The number of pyridine rings is 1. The average Bonchev–Trinajstić information content (AvgIpc) is 3.13. The van der Waals surface area contributed by atoms with Gasteiger partial charge in [0.15, 0.2) is 0 Å². The van der Waals surface area contributed by atoms with Crippen molar-refractivity contribution in [1.29, 1.82) is 0 Å². The lowest BCUT2D eigenvalue weighted by Gasteiger charge is -2.20. The third-order valence-corrected chi connectivity index (χ3v) is 5.24. The molecule has 2 unspecified atom stereocenters. The van der Waals surface area contributed by atoms with Crippen LogP contribution in [-0.2, 0) is 4.79 Å². The van der Waals surface area contributed by atoms with Gasteiger partial charge in [-0.15, -0.1) is 0 Å². The van der Waals surface area contributed by atoms with E-state index in [2.05, 4.69) is 17.2 Å². The Bertz CT molecular complexity index is 974. The molecule has 0 aliphatic rings. The molecule has 0 saturated carbocycles. The van der Waals surface area contributed by atoms with Crippen molar-refractivity contribution in [2.45, 2.75) is 45.6 Å². The van der Waals surface area contributed by atoms with Gasteiger partial charge in [-0.2, -0.15) is 0 Å². The lowest BCUT2D eigenvalue weighted by Crippen LogP contribution is -2.33. The van der Waals surface area contributed by atoms with E-state index in [1.165, 1.54) is 0 Å². The van der Waals surface area contributed by atoms with Crippen molar-refractivity contribution >= 4 is 11.6 Å². The number of methoxy groups -OCH3 is 2. The van der Waals surface area contributed by atoms with Gasteiger partial charge in [0.1, 0.15) is 17.1 Å². The first-order valence-electron chi connectivity index (χ1n) is 9.91. The molecule has 3 rings (SSSR count). The summed E-state index contributed by atoms with van der Waals surface area (Å²) in [5, 5.41) is 3.08. The maximum absolute atomic E-state index is 12.8. The Morgan fingerprint density at radius 1 is 1.17 bits per heavy atom. The fraction of sp³-hybridized carbons (Fsp3) is 0.391. The van der Waals surface area contributed by atoms with Gasteiger partial charge in [0.2, 0.25) is 5.91 Å². The standard InChI is InChI=1S/C23H29N3O3/c1-6-16(3)25-23(27)13-20(17-10-18(28-4)12-19(11-17)29-5)21-14-24-22-9-15(2)7-8-26(21)22/h7-12,14,16,20H,6,13H2,1-5H3,(H,25,27). The molecule has 0 radical (unpaired) electrons. The van der Waals surface area contributed by atoms with Gasteiger partial charge in [0.05, 0.1) is 19.9 Å². The average molecular weight is 396 g/mol. The molecule has 2 aromatic heterocycles. The van der Waals surface area contributed by atoms with Crippen molar-refractivity contribution in [3.05, 3.63) is 59.5 Å². The highest BCUT2D eigenvalue weighted by Gasteiger charge is 2.24. The van der Waals surface area contributed by atoms with Gasteiger partial charge in [-0.3, -0.25) is 4.79 Å². The van der Waals surface area contributed by atoms with Crippen LogP contribution < -0.4 is 14.8 Å². The van der Waals surface area contributed by atoms with Crippen molar-refractivity contribution < 1.29 is 14.3 Å². The number of hydrogen-bond acceptors (Lipinski definition) is 4. The van der Waals surface area contributed by atoms with E-state index in [1.54, 1.807) is 14.2 Å². The molecule has 29 heavy (non-hydrogen) atoms. The predicted molar refractivity (Wildman–Crippen MR) is 114 cm³/mol. The summed E-state index contributed by atoms with van der Waals surface area (Å²) in [5.74, 6) is 1.20. The Hall–Kier alpha value is -3.02. The summed E-state index contributed by atoms with van der Waals surface area (Å²) >= 11 is 0. The maximum atomic E-state index is 12.8. The largest absolute Gasteiger partial charge is 0.497 e. The maximum Gasteiger partial charge on any atom is 0.221 e. The van der Waals surface area contributed by atoms with E-state index in [-0.39, 0.29) is 17.9 Å². The zero-order valence-electron chi connectivity index (χ0n) is 17.7. The zero-order chi connectivity index (χ0) is 21.0. The number of nitrogens with one attached hydrogen (secondary N) is 1. The molecular formula is C23H29N3O3. The number of ether oxygens (including phenoxy) is 2. The molecule has 1 aromatic carbocycles. The molecule has 0 aliphatic heterocycles. The highest BCUT2D eigenvalue weighted by molar-refractivity contribution is 5.78. The van der Waals surface area contributed by atoms with Crippen LogP contribution in [0.25, 0.3) is 5.65 Å². The summed E-state index contributed by atoms with van der Waals surface area (Å²) in [4.78, 5) is 17.4. The molecule has 0 fully saturated rings. The highest BCUT2D eigenvalue weighted by atomic mass is 16.5. The minimum absolute atomic E-state index is 0.00759. The molecule has 6 heteroatoms. The van der Waals surface area contributed by atoms with Gasteiger partial charge < -0.3 is 19.2 Å². The summed E-state index contributed by atoms with van der Waals surface area (Å²) in [6.07, 6.45) is 5.05. The number of imidazole rings is 1. The number of hydrogen-bond donors (Lipinski definition) is 1. The van der Waals surface area contributed by atoms with Crippen molar-refractivity contribution in [2.75, 3.05) is 14.2 Å². The molecular weight excluding hydrogens is 366 g/mol. The van der Waals surface area contributed by atoms with E-state index >= 15 is 0 Å². The molecule has 1 amide bonds. The molecule has 154 valence electrons. The van der Waals surface area contributed by atoms with E-state index in [4.69, 9.17) is 9.47 Å². The Morgan fingerprint density at radius 3 is 2.48 bits per heavy atom. The molecule has 0 bridgehead atoms. The van der Waals surface area contributed by atoms with Crippen molar-refractivity contribution in [1.82, 2.24) is 14.7 Å². The number of carbonyl (C=O) groups is 1. The molecule has 2 heterocycles. The van der Waals surface area contributed by atoms with Crippen LogP contribution in [0.1, 0.15) is 49.4 Å². The summed E-state index contributed by atoms with van der Waals surface area (Å²) in [6, 6.07) is 9.95. The Morgan fingerprint density at radius 2 is 1.86 bits per heavy atom. The van der Waals surface area contributed by atoms with Crippen LogP contribution in [0.15, 0.2) is 42.7 Å². The quantitative estimate of drug-likeness (QED) is 0.624. The topological polar surface area (TPSA) is 64.9 Å². The van der Waals surface area contributed by atoms with E-state index in [0.717, 1.165) is 28.9 Å². The molecule has 0 saturated heterocycles. The smallest absolute Gasteiger partial charge is 0.221 e. The van der Waals surface area contributed by atoms with Gasteiger partial charge in [-0.05, 0) is 55.7 Å². The van der Waals surface area contributed by atoms with Crippen LogP contribution in [0.4, 0.5) is 0 Å². The minimum atomic E-state index is -0.194. The second-order valence-electron chi connectivity index (χ2n) is 7.39. The fourth-order valence-corrected chi connectivity index (χ4v) is 3.40. The fourth-order valence-electron chi connectivity index (χ4n) is 3.40. The Balaban J connectivity index is 2.07. The lowest BCUT2D eigenvalue weighted by molar-refractivity contribution is -0.121. The number of rotatable bonds is 8. The summed E-state index contributed by atoms with van der Waals surface area (Å²) in [6.45, 7) is 6.11. The summed E-state index contributed by atoms with van der Waals surface area (Å²) in [5.41, 5.74) is 3.91. The predicted octanol–water partition coefficient (Wildman–Crippen LogP) is 4.10. The van der Waals surface area contributed by atoms with E-state index in [0.29, 0.717) is 17.9 Å². The summed E-state index contributed by atoms with van der Waals surface area (Å²) in [7, 11) is 3.25. The van der Waals surface area contributed by atoms with E-state index in [9.17, 15) is 4.79 Å². The minimum Gasteiger partial charge on any atom is -0.497 e. The molecule has 3 aromatic rings. The second kappa shape index (κ2) is 8.99.